The maximum Gasteiger partial charge on any atom is 0.269 e. The third-order valence-corrected chi connectivity index (χ3v) is 2.12. The maximum atomic E-state index is 10.4. The highest BCUT2D eigenvalue weighted by molar-refractivity contribution is 5.33. The molecule has 5 nitrogen and oxygen atoms in total. The van der Waals surface area contributed by atoms with Crippen LogP contribution in [0.2, 0.25) is 0 Å². The zero-order valence-corrected chi connectivity index (χ0v) is 7.47. The fourth-order valence-corrected chi connectivity index (χ4v) is 1.41. The van der Waals surface area contributed by atoms with E-state index in [0.717, 1.165) is 12.1 Å². The Hall–Kier alpha value is -1.46. The van der Waals surface area contributed by atoms with Gasteiger partial charge in [0.1, 0.15) is 6.23 Å². The summed E-state index contributed by atoms with van der Waals surface area (Å²) in [4.78, 5) is 9.98. The number of benzene rings is 1. The Bertz CT molecular complexity index is 330. The minimum Gasteiger partial charge on any atom is -0.358 e. The molecule has 0 aliphatic carbocycles. The normalized spacial score (nSPS) is 21.0. The SMILES string of the molecule is O=[N+]([O-])c1ccc(C2NCCO2)cc1. The van der Waals surface area contributed by atoms with Gasteiger partial charge in [-0.25, -0.2) is 0 Å². The van der Waals surface area contributed by atoms with Crippen LogP contribution in [0.1, 0.15) is 11.8 Å². The molecule has 0 radical (unpaired) electrons. The minimum atomic E-state index is -0.410. The average Bonchev–Trinajstić information content (AvgIpc) is 2.71. The van der Waals surface area contributed by atoms with Gasteiger partial charge >= 0.3 is 0 Å². The summed E-state index contributed by atoms with van der Waals surface area (Å²) in [7, 11) is 0. The second-order valence-electron chi connectivity index (χ2n) is 3.05. The van der Waals surface area contributed by atoms with Gasteiger partial charge in [-0.05, 0) is 17.7 Å². The standard InChI is InChI=1S/C9H10N2O3/c12-11(13)8-3-1-7(2-4-8)9-10-5-6-14-9/h1-4,9-10H,5-6H2. The third-order valence-electron chi connectivity index (χ3n) is 2.12. The van der Waals surface area contributed by atoms with E-state index in [4.69, 9.17) is 4.74 Å². The lowest BCUT2D eigenvalue weighted by molar-refractivity contribution is -0.384. The van der Waals surface area contributed by atoms with Gasteiger partial charge in [-0.1, -0.05) is 0 Å². The van der Waals surface area contributed by atoms with E-state index in [1.54, 1.807) is 12.1 Å². The molecule has 0 amide bonds. The van der Waals surface area contributed by atoms with E-state index < -0.39 is 4.92 Å². The largest absolute Gasteiger partial charge is 0.358 e. The van der Waals surface area contributed by atoms with Gasteiger partial charge in [-0.2, -0.15) is 0 Å². The van der Waals surface area contributed by atoms with Crippen molar-refractivity contribution in [2.75, 3.05) is 13.2 Å². The Kier molecular flexibility index (Phi) is 2.43. The van der Waals surface area contributed by atoms with Crippen molar-refractivity contribution in [3.8, 4) is 0 Å². The zero-order chi connectivity index (χ0) is 9.97. The molecule has 1 saturated heterocycles. The summed E-state index contributed by atoms with van der Waals surface area (Å²) in [6, 6.07) is 6.39. The summed E-state index contributed by atoms with van der Waals surface area (Å²) >= 11 is 0. The molecular weight excluding hydrogens is 184 g/mol. The predicted molar refractivity (Wildman–Crippen MR) is 49.8 cm³/mol. The number of nitro benzene ring substituents is 1. The molecule has 0 saturated carbocycles. The quantitative estimate of drug-likeness (QED) is 0.567. The fourth-order valence-electron chi connectivity index (χ4n) is 1.41. The number of non-ortho nitro benzene ring substituents is 1. The molecule has 1 fully saturated rings. The van der Waals surface area contributed by atoms with E-state index in [1.165, 1.54) is 12.1 Å². The first-order valence-electron chi connectivity index (χ1n) is 4.37. The smallest absolute Gasteiger partial charge is 0.269 e. The van der Waals surface area contributed by atoms with Crippen molar-refractivity contribution in [1.29, 1.82) is 0 Å². The number of nitro groups is 1. The van der Waals surface area contributed by atoms with Gasteiger partial charge in [0.25, 0.3) is 5.69 Å². The van der Waals surface area contributed by atoms with Crippen LogP contribution in [0.4, 0.5) is 5.69 Å². The highest BCUT2D eigenvalue weighted by Crippen LogP contribution is 2.20. The molecule has 1 N–H and O–H groups in total. The van der Waals surface area contributed by atoms with Gasteiger partial charge in [0, 0.05) is 18.7 Å². The second kappa shape index (κ2) is 3.73. The van der Waals surface area contributed by atoms with Gasteiger partial charge in [0.05, 0.1) is 11.5 Å². The Balaban J connectivity index is 2.16. The van der Waals surface area contributed by atoms with Crippen LogP contribution in [0.3, 0.4) is 0 Å². The highest BCUT2D eigenvalue weighted by Gasteiger charge is 2.17. The molecule has 1 unspecified atom stereocenters. The fraction of sp³-hybridized carbons (Fsp3) is 0.333. The van der Waals surface area contributed by atoms with Gasteiger partial charge in [-0.3, -0.25) is 15.4 Å². The first-order chi connectivity index (χ1) is 6.77. The molecule has 0 spiro atoms. The van der Waals surface area contributed by atoms with Crippen LogP contribution in [0.15, 0.2) is 24.3 Å². The number of nitrogens with one attached hydrogen (secondary N) is 1. The monoisotopic (exact) mass is 194 g/mol. The first-order valence-corrected chi connectivity index (χ1v) is 4.37. The lowest BCUT2D eigenvalue weighted by Crippen LogP contribution is -2.13. The Morgan fingerprint density at radius 3 is 2.64 bits per heavy atom. The number of rotatable bonds is 2. The van der Waals surface area contributed by atoms with E-state index in [-0.39, 0.29) is 11.9 Å². The molecule has 74 valence electrons. The Labute approximate surface area is 80.8 Å². The van der Waals surface area contributed by atoms with Gasteiger partial charge in [0.15, 0.2) is 0 Å². The second-order valence-corrected chi connectivity index (χ2v) is 3.05. The summed E-state index contributed by atoms with van der Waals surface area (Å²) in [6.45, 7) is 1.50. The summed E-state index contributed by atoms with van der Waals surface area (Å²) in [5.74, 6) is 0. The van der Waals surface area contributed by atoms with Crippen LogP contribution in [0.5, 0.6) is 0 Å². The van der Waals surface area contributed by atoms with Crippen molar-refractivity contribution in [1.82, 2.24) is 5.32 Å². The summed E-state index contributed by atoms with van der Waals surface area (Å²) in [5, 5.41) is 13.5. The lowest BCUT2D eigenvalue weighted by Gasteiger charge is -2.08. The van der Waals surface area contributed by atoms with Crippen LogP contribution < -0.4 is 5.32 Å². The van der Waals surface area contributed by atoms with Crippen molar-refractivity contribution >= 4 is 5.69 Å². The van der Waals surface area contributed by atoms with Crippen molar-refractivity contribution < 1.29 is 9.66 Å². The molecule has 1 heterocycles. The number of hydrogen-bond acceptors (Lipinski definition) is 4. The molecule has 14 heavy (non-hydrogen) atoms. The minimum absolute atomic E-state index is 0.103. The summed E-state index contributed by atoms with van der Waals surface area (Å²) < 4.78 is 5.36. The Morgan fingerprint density at radius 1 is 1.43 bits per heavy atom. The third kappa shape index (κ3) is 1.73. The molecule has 1 aliphatic rings. The molecule has 1 aliphatic heterocycles. The van der Waals surface area contributed by atoms with Crippen molar-refractivity contribution in [2.45, 2.75) is 6.23 Å². The molecular formula is C9H10N2O3. The number of ether oxygens (including phenoxy) is 1. The van der Waals surface area contributed by atoms with Crippen LogP contribution in [-0.4, -0.2) is 18.1 Å². The van der Waals surface area contributed by atoms with E-state index in [1.807, 2.05) is 0 Å². The van der Waals surface area contributed by atoms with E-state index in [9.17, 15) is 10.1 Å². The maximum absolute atomic E-state index is 10.4. The molecule has 1 atom stereocenters. The molecule has 1 aromatic carbocycles. The topological polar surface area (TPSA) is 64.4 Å². The van der Waals surface area contributed by atoms with Gasteiger partial charge < -0.3 is 4.74 Å². The van der Waals surface area contributed by atoms with Crippen LogP contribution in [0, 0.1) is 10.1 Å². The molecule has 0 aromatic heterocycles. The highest BCUT2D eigenvalue weighted by atomic mass is 16.6. The van der Waals surface area contributed by atoms with Gasteiger partial charge in [0.2, 0.25) is 0 Å². The average molecular weight is 194 g/mol. The summed E-state index contributed by atoms with van der Waals surface area (Å²) in [5.41, 5.74) is 1.03. The van der Waals surface area contributed by atoms with Crippen LogP contribution >= 0.6 is 0 Å². The Morgan fingerprint density at radius 2 is 2.14 bits per heavy atom. The molecule has 2 rings (SSSR count). The van der Waals surface area contributed by atoms with E-state index in [2.05, 4.69) is 5.32 Å². The number of hydrogen-bond donors (Lipinski definition) is 1. The van der Waals surface area contributed by atoms with Crippen molar-refractivity contribution in [3.63, 3.8) is 0 Å². The van der Waals surface area contributed by atoms with Gasteiger partial charge in [-0.15, -0.1) is 0 Å². The van der Waals surface area contributed by atoms with Crippen molar-refractivity contribution in [2.24, 2.45) is 0 Å². The lowest BCUT2D eigenvalue weighted by atomic mass is 10.2. The predicted octanol–water partition coefficient (Wildman–Crippen LogP) is 1.21. The van der Waals surface area contributed by atoms with Crippen LogP contribution in [0.25, 0.3) is 0 Å². The summed E-state index contributed by atoms with van der Waals surface area (Å²) in [6.07, 6.45) is -0.115. The van der Waals surface area contributed by atoms with E-state index >= 15 is 0 Å². The van der Waals surface area contributed by atoms with Crippen LogP contribution in [-0.2, 0) is 4.74 Å². The van der Waals surface area contributed by atoms with Crippen molar-refractivity contribution in [3.05, 3.63) is 39.9 Å². The molecule has 5 heteroatoms. The van der Waals surface area contributed by atoms with E-state index in [0.29, 0.717) is 6.61 Å². The number of nitrogens with zero attached hydrogens (tertiary/aromatic N) is 1. The first kappa shape index (κ1) is 9.11. The zero-order valence-electron chi connectivity index (χ0n) is 7.47. The molecule has 0 bridgehead atoms. The molecule has 1 aromatic rings.